The monoisotopic (exact) mass is 881 g/mol. The van der Waals surface area contributed by atoms with Gasteiger partial charge in [0, 0.05) is 39.5 Å². The van der Waals surface area contributed by atoms with E-state index in [1.807, 2.05) is 0 Å². The number of amides is 1. The Morgan fingerprint density at radius 1 is 0.532 bits per heavy atom. The fraction of sp³-hybridized carbons (Fsp3) is 0.922. The molecular formula is C51H96N2O9. The van der Waals surface area contributed by atoms with Crippen molar-refractivity contribution in [1.82, 2.24) is 9.80 Å². The van der Waals surface area contributed by atoms with E-state index in [-0.39, 0.29) is 62.7 Å². The second-order valence-corrected chi connectivity index (χ2v) is 17.9. The van der Waals surface area contributed by atoms with Crippen LogP contribution in [0.1, 0.15) is 234 Å². The van der Waals surface area contributed by atoms with E-state index in [0.29, 0.717) is 32.6 Å². The Balaban J connectivity index is 2.82. The normalized spacial score (nSPS) is 14.0. The van der Waals surface area contributed by atoms with E-state index in [1.165, 1.54) is 103 Å². The molecule has 0 bridgehead atoms. The summed E-state index contributed by atoms with van der Waals surface area (Å²) < 4.78 is 29.5. The lowest BCUT2D eigenvalue weighted by Gasteiger charge is -2.32. The molecule has 1 rings (SSSR count). The van der Waals surface area contributed by atoms with Crippen LogP contribution in [-0.2, 0) is 42.9 Å². The van der Waals surface area contributed by atoms with Gasteiger partial charge in [0.2, 0.25) is 5.91 Å². The molecule has 1 aliphatic heterocycles. The molecule has 0 aromatic carbocycles. The fourth-order valence-corrected chi connectivity index (χ4v) is 8.19. The summed E-state index contributed by atoms with van der Waals surface area (Å²) in [5.74, 6) is -1.46. The number of unbranched alkanes of at least 4 members (excludes halogenated alkanes) is 17. The number of likely N-dealkylation sites (tertiary alicyclic amines) is 1. The number of hydrogen-bond acceptors (Lipinski definition) is 10. The summed E-state index contributed by atoms with van der Waals surface area (Å²) in [7, 11) is 0. The molecule has 0 N–H and O–H groups in total. The minimum absolute atomic E-state index is 0.0267. The Morgan fingerprint density at radius 2 is 1.06 bits per heavy atom. The van der Waals surface area contributed by atoms with Gasteiger partial charge in [0.05, 0.1) is 12.5 Å². The van der Waals surface area contributed by atoms with E-state index >= 15 is 0 Å². The van der Waals surface area contributed by atoms with Crippen molar-refractivity contribution in [2.45, 2.75) is 252 Å². The van der Waals surface area contributed by atoms with Crippen molar-refractivity contribution in [2.75, 3.05) is 52.6 Å². The maximum Gasteiger partial charge on any atom is 0.306 e. The van der Waals surface area contributed by atoms with E-state index in [2.05, 4.69) is 32.6 Å². The van der Waals surface area contributed by atoms with Crippen molar-refractivity contribution in [1.29, 1.82) is 0 Å². The van der Waals surface area contributed by atoms with Crippen LogP contribution in [-0.4, -0.2) is 105 Å². The van der Waals surface area contributed by atoms with Crippen LogP contribution in [0.2, 0.25) is 0 Å². The lowest BCUT2D eigenvalue weighted by atomic mass is 10.1. The first kappa shape index (κ1) is 57.8. The highest BCUT2D eigenvalue weighted by Gasteiger charge is 2.28. The zero-order valence-electron chi connectivity index (χ0n) is 40.9. The van der Waals surface area contributed by atoms with Crippen molar-refractivity contribution >= 4 is 23.8 Å². The summed E-state index contributed by atoms with van der Waals surface area (Å²) in [6.45, 7) is 14.5. The molecule has 2 atom stereocenters. The second kappa shape index (κ2) is 41.5. The highest BCUT2D eigenvalue weighted by molar-refractivity contribution is 5.81. The summed E-state index contributed by atoms with van der Waals surface area (Å²) in [6.07, 6.45) is 30.6. The first-order valence-electron chi connectivity index (χ1n) is 26.0. The maximum absolute atomic E-state index is 13.9. The average molecular weight is 881 g/mol. The first-order chi connectivity index (χ1) is 30.2. The molecule has 62 heavy (non-hydrogen) atoms. The summed E-state index contributed by atoms with van der Waals surface area (Å²) in [6, 6.07) is -0.672. The van der Waals surface area contributed by atoms with Crippen LogP contribution in [0, 0.1) is 0 Å². The summed E-state index contributed by atoms with van der Waals surface area (Å²) >= 11 is 0. The predicted molar refractivity (Wildman–Crippen MR) is 251 cm³/mol. The van der Waals surface area contributed by atoms with Gasteiger partial charge in [-0.3, -0.25) is 19.2 Å². The number of carbonyl (C=O) groups is 4. The number of esters is 3. The van der Waals surface area contributed by atoms with E-state index in [1.54, 1.807) is 4.90 Å². The SMILES string of the molecule is CCCCCCCCCCOC(CCCC(=O)OCC(COC(C)=O)N(CCCN1CCCC1)C(=O)CCC(=O)OC(CCC)CCCCCC)OCCCCCCCCCC. The van der Waals surface area contributed by atoms with E-state index in [4.69, 9.17) is 23.7 Å². The van der Waals surface area contributed by atoms with Gasteiger partial charge < -0.3 is 33.5 Å². The Morgan fingerprint density at radius 3 is 1.61 bits per heavy atom. The van der Waals surface area contributed by atoms with Gasteiger partial charge in [-0.15, -0.1) is 0 Å². The van der Waals surface area contributed by atoms with Gasteiger partial charge in [-0.25, -0.2) is 0 Å². The number of rotatable bonds is 44. The Bertz CT molecular complexity index is 1060. The fourth-order valence-electron chi connectivity index (χ4n) is 8.19. The van der Waals surface area contributed by atoms with Crippen LogP contribution in [0.15, 0.2) is 0 Å². The van der Waals surface area contributed by atoms with Crippen molar-refractivity contribution < 1.29 is 42.9 Å². The molecule has 1 heterocycles. The highest BCUT2D eigenvalue weighted by Crippen LogP contribution is 2.18. The zero-order valence-corrected chi connectivity index (χ0v) is 40.9. The summed E-state index contributed by atoms with van der Waals surface area (Å²) in [5, 5.41) is 0. The standard InChI is InChI=1S/C51H96N2O9/c1-6-10-13-16-18-20-22-27-41-58-51(59-42-28-23-21-19-17-14-11-7-2)34-29-33-49(56)61-44-46(43-60-45(5)54)53(40-30-39-52-37-25-26-38-52)48(55)35-36-50(57)62-47(31-9-4)32-24-15-12-8-3/h46-47,51H,6-44H2,1-5H3. The lowest BCUT2D eigenvalue weighted by molar-refractivity contribution is -0.156. The van der Waals surface area contributed by atoms with Crippen LogP contribution in [0.4, 0.5) is 0 Å². The maximum atomic E-state index is 13.9. The van der Waals surface area contributed by atoms with E-state index in [0.717, 1.165) is 90.3 Å². The molecule has 0 radical (unpaired) electrons. The van der Waals surface area contributed by atoms with Gasteiger partial charge in [0.1, 0.15) is 19.3 Å². The molecule has 364 valence electrons. The van der Waals surface area contributed by atoms with Crippen molar-refractivity contribution in [2.24, 2.45) is 0 Å². The van der Waals surface area contributed by atoms with Crippen molar-refractivity contribution in [3.05, 3.63) is 0 Å². The van der Waals surface area contributed by atoms with Gasteiger partial charge >= 0.3 is 17.9 Å². The third-order valence-corrected chi connectivity index (χ3v) is 12.0. The van der Waals surface area contributed by atoms with Gasteiger partial charge in [0.25, 0.3) is 0 Å². The highest BCUT2D eigenvalue weighted by atomic mass is 16.7. The van der Waals surface area contributed by atoms with Gasteiger partial charge in [-0.1, -0.05) is 143 Å². The quantitative estimate of drug-likeness (QED) is 0.0253. The minimum atomic E-state index is -0.672. The molecule has 1 amide bonds. The number of carbonyl (C=O) groups excluding carboxylic acids is 4. The van der Waals surface area contributed by atoms with E-state index < -0.39 is 12.0 Å². The molecule has 0 aromatic heterocycles. The molecule has 1 aliphatic rings. The molecule has 11 nitrogen and oxygen atoms in total. The minimum Gasteiger partial charge on any atom is -0.464 e. The third kappa shape index (κ3) is 33.3. The van der Waals surface area contributed by atoms with Crippen LogP contribution in [0.5, 0.6) is 0 Å². The number of ether oxygens (including phenoxy) is 5. The smallest absolute Gasteiger partial charge is 0.306 e. The summed E-state index contributed by atoms with van der Waals surface area (Å²) in [5.41, 5.74) is 0. The lowest BCUT2D eigenvalue weighted by Crippen LogP contribution is -2.47. The Kier molecular flexibility index (Phi) is 38.6. The first-order valence-corrected chi connectivity index (χ1v) is 26.0. The van der Waals surface area contributed by atoms with Crippen LogP contribution in [0.3, 0.4) is 0 Å². The van der Waals surface area contributed by atoms with Crippen LogP contribution >= 0.6 is 0 Å². The number of hydrogen-bond donors (Lipinski definition) is 0. The molecule has 0 aromatic rings. The third-order valence-electron chi connectivity index (χ3n) is 12.0. The molecule has 0 aliphatic carbocycles. The second-order valence-electron chi connectivity index (χ2n) is 17.9. The van der Waals surface area contributed by atoms with E-state index in [9.17, 15) is 19.2 Å². The molecule has 0 spiro atoms. The van der Waals surface area contributed by atoms with Gasteiger partial charge in [-0.2, -0.15) is 0 Å². The van der Waals surface area contributed by atoms with Crippen LogP contribution < -0.4 is 0 Å². The van der Waals surface area contributed by atoms with Crippen LogP contribution in [0.25, 0.3) is 0 Å². The molecule has 1 saturated heterocycles. The van der Waals surface area contributed by atoms with Gasteiger partial charge in [-0.05, 0) is 83.8 Å². The number of nitrogens with zero attached hydrogens (tertiary/aromatic N) is 2. The van der Waals surface area contributed by atoms with Gasteiger partial charge in [0.15, 0.2) is 6.29 Å². The largest absolute Gasteiger partial charge is 0.464 e. The molecule has 0 saturated carbocycles. The Labute approximate surface area is 380 Å². The molecule has 1 fully saturated rings. The summed E-state index contributed by atoms with van der Waals surface area (Å²) in [4.78, 5) is 56.1. The topological polar surface area (TPSA) is 121 Å². The predicted octanol–water partition coefficient (Wildman–Crippen LogP) is 12.0. The molecular weight excluding hydrogens is 785 g/mol. The van der Waals surface area contributed by atoms with Crippen molar-refractivity contribution in [3.8, 4) is 0 Å². The zero-order chi connectivity index (χ0) is 45.3. The Hall–Kier alpha value is -2.24. The van der Waals surface area contributed by atoms with Crippen molar-refractivity contribution in [3.63, 3.8) is 0 Å². The average Bonchev–Trinajstić information content (AvgIpc) is 3.78. The molecule has 2 unspecified atom stereocenters. The molecule has 11 heteroatoms.